The third-order valence-corrected chi connectivity index (χ3v) is 35.9. The lowest BCUT2D eigenvalue weighted by Gasteiger charge is -2.72. The Kier molecular flexibility index (Phi) is 17.0. The van der Waals surface area contributed by atoms with Crippen molar-refractivity contribution in [1.82, 2.24) is 19.6 Å². The van der Waals surface area contributed by atoms with Gasteiger partial charge in [-0.1, -0.05) is 175 Å². The number of nitrogens with zero attached hydrogens (tertiary/aromatic N) is 4. The molecule has 4 heterocycles. The van der Waals surface area contributed by atoms with Gasteiger partial charge in [-0.25, -0.2) is 0 Å². The fourth-order valence-corrected chi connectivity index (χ4v) is 33.6. The van der Waals surface area contributed by atoms with Crippen molar-refractivity contribution < 1.29 is 0 Å². The lowest BCUT2D eigenvalue weighted by molar-refractivity contribution is -0.114. The van der Waals surface area contributed by atoms with Crippen LogP contribution in [-0.2, 0) is 0 Å². The van der Waals surface area contributed by atoms with E-state index in [1.807, 2.05) is 0 Å². The molecule has 4 nitrogen and oxygen atoms in total. The predicted octanol–water partition coefficient (Wildman–Crippen LogP) is 20.5. The molecule has 11 unspecified atom stereocenters. The molecule has 0 radical (unpaired) electrons. The molecule has 4 saturated heterocycles. The average Bonchev–Trinajstić information content (AvgIpc) is 2.33. The van der Waals surface area contributed by atoms with Gasteiger partial charge in [-0.3, -0.25) is 19.6 Å². The van der Waals surface area contributed by atoms with E-state index in [-0.39, 0.29) is 0 Å². The van der Waals surface area contributed by atoms with Gasteiger partial charge in [-0.15, -0.1) is 0 Å². The van der Waals surface area contributed by atoms with Crippen LogP contribution in [0, 0.1) is 58.7 Å². The van der Waals surface area contributed by atoms with Crippen molar-refractivity contribution in [1.29, 1.82) is 0 Å². The lowest BCUT2D eigenvalue weighted by atomic mass is 9.15. The van der Waals surface area contributed by atoms with E-state index in [9.17, 15) is 0 Å². The molecule has 484 valence electrons. The van der Waals surface area contributed by atoms with Gasteiger partial charge in [0.05, 0.1) is 0 Å². The summed E-state index contributed by atoms with van der Waals surface area (Å²) in [5.41, 5.74) is 0.398. The Labute approximate surface area is 540 Å². The third-order valence-electron chi connectivity index (χ3n) is 34.2. The van der Waals surface area contributed by atoms with Crippen LogP contribution in [0.5, 0.6) is 0 Å². The molecule has 0 N–H and O–H groups in total. The Morgan fingerprint density at radius 3 is 1.40 bits per heavy atom. The Morgan fingerprint density at radius 2 is 0.793 bits per heavy atom. The molecule has 87 heavy (non-hydrogen) atoms. The van der Waals surface area contributed by atoms with Crippen molar-refractivity contribution in [3.8, 4) is 0 Å². The summed E-state index contributed by atoms with van der Waals surface area (Å²) in [7, 11) is 0. The second-order valence-corrected chi connectivity index (χ2v) is 39.7. The normalized spacial score (nSPS) is 49.8. The summed E-state index contributed by atoms with van der Waals surface area (Å²) in [5.74, 6) is 15.5. The summed E-state index contributed by atoms with van der Waals surface area (Å²) in [4.78, 5) is 14.4. The van der Waals surface area contributed by atoms with Crippen LogP contribution in [-0.4, -0.2) is 116 Å². The maximum atomic E-state index is 3.70. The van der Waals surface area contributed by atoms with E-state index < -0.39 is 0 Å². The van der Waals surface area contributed by atoms with Gasteiger partial charge in [0.1, 0.15) is 0 Å². The molecule has 0 amide bonds. The largest absolute Gasteiger partial charge is 0.295 e. The number of rotatable bonds is 7. The maximum absolute atomic E-state index is 3.70. The molecule has 0 aromatic rings. The first-order valence-electron chi connectivity index (χ1n) is 41.6. The topological polar surface area (TPSA) is 13.0 Å². The van der Waals surface area contributed by atoms with Gasteiger partial charge in [-0.2, -0.15) is 11.8 Å². The fourth-order valence-electron chi connectivity index (χ4n) is 31.5. The smallest absolute Gasteiger partial charge is 0.156 e. The van der Waals surface area contributed by atoms with E-state index in [1.165, 1.54) is 154 Å². The summed E-state index contributed by atoms with van der Waals surface area (Å²) in [6, 6.07) is 10.5. The van der Waals surface area contributed by atoms with E-state index in [1.54, 1.807) is 148 Å². The van der Waals surface area contributed by atoms with E-state index in [0.717, 1.165) is 185 Å². The van der Waals surface area contributed by atoms with Gasteiger partial charge >= 0.3 is 0 Å². The molecule has 4 aliphatic heterocycles. The van der Waals surface area contributed by atoms with Crippen molar-refractivity contribution in [3.63, 3.8) is 0 Å². The molecule has 0 spiro atoms. The minimum absolute atomic E-state index is 0.398. The van der Waals surface area contributed by atoms with Crippen LogP contribution in [0.3, 0.4) is 0 Å². The number of fused-ring (bicyclic) bond motifs is 8. The molecule has 24 atom stereocenters. The zero-order valence-electron chi connectivity index (χ0n) is 56.8. The van der Waals surface area contributed by atoms with Crippen LogP contribution in [0.15, 0.2) is 0 Å². The third kappa shape index (κ3) is 10.4. The maximum Gasteiger partial charge on any atom is 0.156 e. The van der Waals surface area contributed by atoms with Crippen LogP contribution < -0.4 is 0 Å². The molecule has 7 heteroatoms. The second kappa shape index (κ2) is 24.8. The molecule has 18 aliphatic rings. The zero-order chi connectivity index (χ0) is 57.6. The minimum Gasteiger partial charge on any atom is -0.295 e. The highest BCUT2D eigenvalue weighted by Crippen LogP contribution is 2.72. The van der Waals surface area contributed by atoms with Gasteiger partial charge in [0.15, 0.2) is 13.4 Å². The van der Waals surface area contributed by atoms with Crippen LogP contribution >= 0.6 is 11.8 Å². The fraction of sp³-hybridized carbons (Fsp3) is 1.00. The summed E-state index contributed by atoms with van der Waals surface area (Å²) in [5, 5.41) is 1.82. The van der Waals surface area contributed by atoms with Crippen LogP contribution in [0.1, 0.15) is 323 Å². The lowest BCUT2D eigenvalue weighted by Crippen LogP contribution is -2.76. The molecule has 0 aromatic heterocycles. The molecular weight excluding hydrogens is 1070 g/mol. The Hall–Kier alpha value is 0.320. The first-order valence-corrected chi connectivity index (χ1v) is 42.5. The highest BCUT2D eigenvalue weighted by molar-refractivity contribution is 8.00. The predicted molar refractivity (Wildman–Crippen MR) is 370 cm³/mol. The molecular formula is C80H132B2N4S. The summed E-state index contributed by atoms with van der Waals surface area (Å²) < 4.78 is 0. The van der Waals surface area contributed by atoms with E-state index in [0.29, 0.717) is 5.41 Å². The second-order valence-electron chi connectivity index (χ2n) is 38.2. The monoisotopic (exact) mass is 1200 g/mol. The van der Waals surface area contributed by atoms with Crippen molar-refractivity contribution >= 4 is 25.2 Å². The molecule has 0 aromatic carbocycles. The van der Waals surface area contributed by atoms with E-state index >= 15 is 0 Å². The highest BCUT2D eigenvalue weighted by Gasteiger charge is 2.71. The van der Waals surface area contributed by atoms with Crippen LogP contribution in [0.2, 0.25) is 34.9 Å². The summed E-state index contributed by atoms with van der Waals surface area (Å²) in [6.45, 7) is 10.2. The average molecular weight is 1200 g/mol. The van der Waals surface area contributed by atoms with E-state index in [4.69, 9.17) is 0 Å². The van der Waals surface area contributed by atoms with Gasteiger partial charge in [-0.05, 0) is 241 Å². The standard InChI is InChI=1S/C80H132B2N4S/c1-80(2,3)55-45-71-78-72(46-55)86(60-32-17-8-18-33-60)70-50-74-67(49-66(70)81(78)64-34-19-20-35-68(64)84(71)58-28-13-6-14-29-58)82-65-43-40-54(62-41-38-53-37-36-51-22-21-23-52-39-42-63(62)77(53)76(51)52)44-69(65)85(59-30-15-7-16-31-59)73-47-61(48-75(87-74)79(73)82)83(56-24-9-4-10-25-56)57-26-11-5-12-27-57/h51-79H,4-50H2,1-3H3/t51-,52+,53?,54-,55+,61?,62-,63?,64?,65+,66+,67-,68+,69?,70?,71-,72+,73?,74?,75?,76?,77-,78?,79+/m0/s1. The molecule has 18 fully saturated rings. The minimum atomic E-state index is 0.398. The van der Waals surface area contributed by atoms with Crippen LogP contribution in [0.4, 0.5) is 0 Å². The van der Waals surface area contributed by atoms with Crippen molar-refractivity contribution in [2.24, 2.45) is 58.7 Å². The number of hydrogen-bond donors (Lipinski definition) is 0. The SMILES string of the molecule is CC(C)(C)[C@H]1C[C@@H]2C3B(C4CCCC[C@H]4N(C4CCCCC4)[C@H]3C1)[C@@H]1C[C@@H]3B4[C@H]5C(CC(N(C6CCCCC6)C6CCCCC6)CC5N(C5CCCCC5)C5C[C@@H]([C@@H]6CCC7CC[C@@H]8CCC[C@@H]9CCC6[C@H]7C98)CC[C@@H]45)SC3CC1N2C1CCCCC1. The molecule has 14 saturated carbocycles. The van der Waals surface area contributed by atoms with Crippen LogP contribution in [0.25, 0.3) is 0 Å². The number of hydrogen-bond acceptors (Lipinski definition) is 5. The first-order chi connectivity index (χ1) is 42.8. The molecule has 14 aliphatic carbocycles. The van der Waals surface area contributed by atoms with Gasteiger partial charge in [0.2, 0.25) is 0 Å². The first kappa shape index (κ1) is 59.8. The summed E-state index contributed by atoms with van der Waals surface area (Å²) in [6.07, 6.45) is 73.4. The van der Waals surface area contributed by atoms with Crippen molar-refractivity contribution in [2.45, 2.75) is 440 Å². The van der Waals surface area contributed by atoms with Crippen molar-refractivity contribution in [3.05, 3.63) is 0 Å². The zero-order valence-corrected chi connectivity index (χ0v) is 57.6. The Balaban J connectivity index is 0.747. The van der Waals surface area contributed by atoms with Gasteiger partial charge in [0, 0.05) is 83.0 Å². The Morgan fingerprint density at radius 1 is 0.310 bits per heavy atom. The highest BCUT2D eigenvalue weighted by atomic mass is 32.2. The molecule has 0 bridgehead atoms. The number of thioether (sulfide) groups is 1. The van der Waals surface area contributed by atoms with Gasteiger partial charge < -0.3 is 0 Å². The van der Waals surface area contributed by atoms with Gasteiger partial charge in [0.25, 0.3) is 0 Å². The Bertz CT molecular complexity index is 2310. The van der Waals surface area contributed by atoms with E-state index in [2.05, 4.69) is 52.1 Å². The molecule has 18 rings (SSSR count). The summed E-state index contributed by atoms with van der Waals surface area (Å²) >= 11 is 2.82. The quantitative estimate of drug-likeness (QED) is 0.235. The van der Waals surface area contributed by atoms with Crippen molar-refractivity contribution in [2.75, 3.05) is 0 Å².